The van der Waals surface area contributed by atoms with Crippen LogP contribution in [0.4, 0.5) is 4.39 Å². The molecule has 3 atom stereocenters. The van der Waals surface area contributed by atoms with E-state index in [1.807, 2.05) is 26.4 Å². The first-order valence-electron chi connectivity index (χ1n) is 8.42. The Morgan fingerprint density at radius 1 is 1.42 bits per heavy atom. The van der Waals surface area contributed by atoms with E-state index in [4.69, 9.17) is 4.74 Å². The molecular weight excluding hydrogens is 359 g/mol. The van der Waals surface area contributed by atoms with Gasteiger partial charge in [0.1, 0.15) is 17.7 Å². The van der Waals surface area contributed by atoms with Crippen molar-refractivity contribution in [2.24, 2.45) is 13.0 Å². The number of carbonyl (C=O) groups excluding carboxylic acids is 1. The largest absolute Gasteiger partial charge is 0.489 e. The zero-order chi connectivity index (χ0) is 17.8. The fourth-order valence-corrected chi connectivity index (χ4v) is 3.10. The molecule has 1 aromatic heterocycles. The molecule has 1 unspecified atom stereocenters. The Hall–Kier alpha value is -2.12. The predicted molar refractivity (Wildman–Crippen MR) is 99.1 cm³/mol. The molecular formula is C18H24ClFN4O2. The van der Waals surface area contributed by atoms with Gasteiger partial charge in [-0.05, 0) is 36.8 Å². The van der Waals surface area contributed by atoms with Crippen LogP contribution in [0, 0.1) is 11.7 Å². The molecule has 0 aliphatic carbocycles. The summed E-state index contributed by atoms with van der Waals surface area (Å²) in [6.07, 6.45) is 3.57. The van der Waals surface area contributed by atoms with Crippen LogP contribution in [0.15, 0.2) is 36.7 Å². The van der Waals surface area contributed by atoms with E-state index in [1.165, 1.54) is 12.1 Å². The quantitative estimate of drug-likeness (QED) is 0.800. The predicted octanol–water partition coefficient (Wildman–Crippen LogP) is 1.87. The number of nitrogens with zero attached hydrogens (tertiary/aromatic N) is 2. The highest BCUT2D eigenvalue weighted by atomic mass is 35.5. The van der Waals surface area contributed by atoms with Crippen molar-refractivity contribution in [3.8, 4) is 5.75 Å². The molecule has 0 bridgehead atoms. The maximum Gasteiger partial charge on any atom is 0.225 e. The minimum atomic E-state index is -0.302. The molecule has 3 rings (SSSR count). The highest BCUT2D eigenvalue weighted by molar-refractivity contribution is 5.85. The second-order valence-electron chi connectivity index (χ2n) is 6.45. The van der Waals surface area contributed by atoms with Crippen molar-refractivity contribution in [1.29, 1.82) is 0 Å². The number of nitrogens with one attached hydrogen (secondary N) is 2. The van der Waals surface area contributed by atoms with Gasteiger partial charge in [-0.25, -0.2) is 4.39 Å². The minimum absolute atomic E-state index is 0. The number of carbonyl (C=O) groups is 1. The van der Waals surface area contributed by atoms with Crippen molar-refractivity contribution in [1.82, 2.24) is 20.4 Å². The average molecular weight is 383 g/mol. The number of aryl methyl sites for hydroxylation is 1. The van der Waals surface area contributed by atoms with Gasteiger partial charge in [-0.15, -0.1) is 12.4 Å². The van der Waals surface area contributed by atoms with Gasteiger partial charge in [-0.3, -0.25) is 9.48 Å². The van der Waals surface area contributed by atoms with Gasteiger partial charge in [0.15, 0.2) is 0 Å². The first-order valence-corrected chi connectivity index (χ1v) is 8.42. The van der Waals surface area contributed by atoms with Crippen molar-refractivity contribution in [2.45, 2.75) is 18.9 Å². The van der Waals surface area contributed by atoms with Crippen molar-refractivity contribution >= 4 is 18.3 Å². The van der Waals surface area contributed by atoms with Crippen molar-refractivity contribution in [2.75, 3.05) is 19.6 Å². The summed E-state index contributed by atoms with van der Waals surface area (Å²) in [6, 6.07) is 5.85. The average Bonchev–Trinajstić information content (AvgIpc) is 3.23. The third kappa shape index (κ3) is 4.95. The molecule has 2 heterocycles. The van der Waals surface area contributed by atoms with Gasteiger partial charge in [0, 0.05) is 32.3 Å². The highest BCUT2D eigenvalue weighted by Crippen LogP contribution is 2.27. The molecule has 0 spiro atoms. The summed E-state index contributed by atoms with van der Waals surface area (Å²) in [5.74, 6) is 0.292. The van der Waals surface area contributed by atoms with Gasteiger partial charge in [0.05, 0.1) is 18.7 Å². The summed E-state index contributed by atoms with van der Waals surface area (Å²) < 4.78 is 20.3. The van der Waals surface area contributed by atoms with Gasteiger partial charge in [-0.2, -0.15) is 5.10 Å². The molecule has 2 N–H and O–H groups in total. The van der Waals surface area contributed by atoms with Crippen LogP contribution in [0.25, 0.3) is 0 Å². The Bertz CT molecular complexity index is 722. The Morgan fingerprint density at radius 3 is 2.81 bits per heavy atom. The Labute approximate surface area is 158 Å². The third-order valence-corrected chi connectivity index (χ3v) is 4.42. The topological polar surface area (TPSA) is 68.2 Å². The molecule has 1 saturated heterocycles. The standard InChI is InChI=1S/C18H23FN4O2.ClH/c1-12(25-15-5-3-14(19)4-6-15)7-21-18(24)17-10-20-9-16(17)13-8-22-23(2)11-13;/h3-6,8,11-12,16-17,20H,7,9-10H2,1-2H3,(H,21,24);1H/t12?,16-,17+;/m1./s1. The minimum Gasteiger partial charge on any atom is -0.489 e. The SMILES string of the molecule is CC(CNC(=O)[C@H]1CNC[C@@H]1c1cnn(C)c1)Oc1ccc(F)cc1.Cl. The van der Waals surface area contributed by atoms with E-state index >= 15 is 0 Å². The van der Waals surface area contributed by atoms with Gasteiger partial charge < -0.3 is 15.4 Å². The van der Waals surface area contributed by atoms with E-state index < -0.39 is 0 Å². The van der Waals surface area contributed by atoms with Gasteiger partial charge in [-0.1, -0.05) is 0 Å². The number of hydrogen-bond acceptors (Lipinski definition) is 4. The zero-order valence-corrected chi connectivity index (χ0v) is 15.6. The molecule has 26 heavy (non-hydrogen) atoms. The summed E-state index contributed by atoms with van der Waals surface area (Å²) in [5, 5.41) is 10.4. The molecule has 1 aromatic carbocycles. The molecule has 6 nitrogen and oxygen atoms in total. The van der Waals surface area contributed by atoms with Gasteiger partial charge in [0.2, 0.25) is 5.91 Å². The van der Waals surface area contributed by atoms with Crippen LogP contribution in [0.3, 0.4) is 0 Å². The highest BCUT2D eigenvalue weighted by Gasteiger charge is 2.34. The number of halogens is 2. The zero-order valence-electron chi connectivity index (χ0n) is 14.8. The third-order valence-electron chi connectivity index (χ3n) is 4.42. The van der Waals surface area contributed by atoms with Crippen LogP contribution >= 0.6 is 12.4 Å². The summed E-state index contributed by atoms with van der Waals surface area (Å²) in [4.78, 5) is 12.6. The first kappa shape index (κ1) is 20.2. The number of aromatic nitrogens is 2. The van der Waals surface area contributed by atoms with Crippen LogP contribution in [0.2, 0.25) is 0 Å². The normalized spacial score (nSPS) is 20.3. The fourth-order valence-electron chi connectivity index (χ4n) is 3.10. The maximum absolute atomic E-state index is 12.9. The molecule has 0 saturated carbocycles. The van der Waals surface area contributed by atoms with E-state index in [0.717, 1.165) is 12.1 Å². The smallest absolute Gasteiger partial charge is 0.225 e. The lowest BCUT2D eigenvalue weighted by molar-refractivity contribution is -0.125. The van der Waals surface area contributed by atoms with Crippen molar-refractivity contribution in [3.05, 3.63) is 48.0 Å². The molecule has 1 aliphatic heterocycles. The number of ether oxygens (including phenoxy) is 1. The second-order valence-corrected chi connectivity index (χ2v) is 6.45. The van der Waals surface area contributed by atoms with Crippen LogP contribution in [0.5, 0.6) is 5.75 Å². The molecule has 142 valence electrons. The number of benzene rings is 1. The van der Waals surface area contributed by atoms with Crippen LogP contribution in [0.1, 0.15) is 18.4 Å². The van der Waals surface area contributed by atoms with Crippen molar-refractivity contribution < 1.29 is 13.9 Å². The molecule has 1 amide bonds. The Morgan fingerprint density at radius 2 is 2.15 bits per heavy atom. The van der Waals surface area contributed by atoms with Crippen LogP contribution in [-0.4, -0.2) is 41.4 Å². The summed E-state index contributed by atoms with van der Waals surface area (Å²) in [7, 11) is 1.87. The Kier molecular flexibility index (Phi) is 6.99. The summed E-state index contributed by atoms with van der Waals surface area (Å²) in [6.45, 7) is 3.69. The van der Waals surface area contributed by atoms with Crippen LogP contribution in [-0.2, 0) is 11.8 Å². The molecule has 0 radical (unpaired) electrons. The van der Waals surface area contributed by atoms with E-state index in [9.17, 15) is 9.18 Å². The molecule has 1 fully saturated rings. The van der Waals surface area contributed by atoms with E-state index in [-0.39, 0.29) is 42.1 Å². The lowest BCUT2D eigenvalue weighted by Gasteiger charge is -2.20. The van der Waals surface area contributed by atoms with Gasteiger partial charge >= 0.3 is 0 Å². The van der Waals surface area contributed by atoms with E-state index in [2.05, 4.69) is 15.7 Å². The van der Waals surface area contributed by atoms with E-state index in [1.54, 1.807) is 16.8 Å². The molecule has 8 heteroatoms. The fraction of sp³-hybridized carbons (Fsp3) is 0.444. The monoisotopic (exact) mass is 382 g/mol. The first-order chi connectivity index (χ1) is 12.0. The van der Waals surface area contributed by atoms with Crippen molar-refractivity contribution in [3.63, 3.8) is 0 Å². The number of amides is 1. The lowest BCUT2D eigenvalue weighted by atomic mass is 9.90. The lowest BCUT2D eigenvalue weighted by Crippen LogP contribution is -2.39. The van der Waals surface area contributed by atoms with Crippen LogP contribution < -0.4 is 15.4 Å². The van der Waals surface area contributed by atoms with E-state index in [0.29, 0.717) is 18.8 Å². The maximum atomic E-state index is 12.9. The Balaban J connectivity index is 0.00000243. The van der Waals surface area contributed by atoms with Gasteiger partial charge in [0.25, 0.3) is 0 Å². The second kappa shape index (κ2) is 9.00. The summed E-state index contributed by atoms with van der Waals surface area (Å²) in [5.41, 5.74) is 1.07. The summed E-state index contributed by atoms with van der Waals surface area (Å²) >= 11 is 0. The number of hydrogen-bond donors (Lipinski definition) is 2. The molecule has 2 aromatic rings. The number of rotatable bonds is 6. The molecule has 1 aliphatic rings.